The lowest BCUT2D eigenvalue weighted by Gasteiger charge is -2.15. The second-order valence-electron chi connectivity index (χ2n) is 4.93. The van der Waals surface area contributed by atoms with Gasteiger partial charge >= 0.3 is 0 Å². The summed E-state index contributed by atoms with van der Waals surface area (Å²) in [5.74, 6) is -0.0937. The standard InChI is InChI=1S/C14H22N4OS/c1-10-6-5-7-12(11(10)2)15-14(20)17-16-13(19)8-9-18(3)4/h5-7H,8-9H2,1-4H3,(H,16,19)(H2,15,17,20). The van der Waals surface area contributed by atoms with Gasteiger partial charge in [-0.15, -0.1) is 0 Å². The molecule has 0 heterocycles. The third-order valence-corrected chi connectivity index (χ3v) is 3.16. The molecule has 0 aromatic heterocycles. The first-order valence-electron chi connectivity index (χ1n) is 6.47. The molecule has 1 rings (SSSR count). The van der Waals surface area contributed by atoms with Crippen LogP contribution in [0.25, 0.3) is 0 Å². The average Bonchev–Trinajstić information content (AvgIpc) is 2.39. The Morgan fingerprint density at radius 3 is 2.60 bits per heavy atom. The van der Waals surface area contributed by atoms with Crippen LogP contribution < -0.4 is 16.2 Å². The molecule has 0 radical (unpaired) electrons. The number of nitrogens with zero attached hydrogens (tertiary/aromatic N) is 1. The summed E-state index contributed by atoms with van der Waals surface area (Å²) < 4.78 is 0. The van der Waals surface area contributed by atoms with Crippen LogP contribution in [-0.2, 0) is 4.79 Å². The summed E-state index contributed by atoms with van der Waals surface area (Å²) in [4.78, 5) is 13.5. The van der Waals surface area contributed by atoms with Crippen molar-refractivity contribution >= 4 is 28.9 Å². The highest BCUT2D eigenvalue weighted by Gasteiger charge is 2.05. The van der Waals surface area contributed by atoms with Crippen molar-refractivity contribution in [3.05, 3.63) is 29.3 Å². The molecule has 0 spiro atoms. The van der Waals surface area contributed by atoms with Crippen LogP contribution in [0.2, 0.25) is 0 Å². The lowest BCUT2D eigenvalue weighted by molar-refractivity contribution is -0.121. The Morgan fingerprint density at radius 2 is 1.95 bits per heavy atom. The van der Waals surface area contributed by atoms with Gasteiger partial charge in [0.15, 0.2) is 5.11 Å². The van der Waals surface area contributed by atoms with Crippen molar-refractivity contribution in [1.29, 1.82) is 0 Å². The SMILES string of the molecule is Cc1cccc(NC(=S)NNC(=O)CCN(C)C)c1C. The molecule has 0 aliphatic carbocycles. The van der Waals surface area contributed by atoms with Gasteiger partial charge in [0.1, 0.15) is 0 Å². The van der Waals surface area contributed by atoms with Crippen molar-refractivity contribution < 1.29 is 4.79 Å². The van der Waals surface area contributed by atoms with E-state index in [0.717, 1.165) is 11.3 Å². The molecule has 0 aliphatic heterocycles. The fraction of sp³-hybridized carbons (Fsp3) is 0.429. The van der Waals surface area contributed by atoms with Crippen molar-refractivity contribution in [3.8, 4) is 0 Å². The highest BCUT2D eigenvalue weighted by molar-refractivity contribution is 7.80. The van der Waals surface area contributed by atoms with E-state index in [4.69, 9.17) is 12.2 Å². The summed E-state index contributed by atoms with van der Waals surface area (Å²) in [5.41, 5.74) is 8.53. The Morgan fingerprint density at radius 1 is 1.25 bits per heavy atom. The van der Waals surface area contributed by atoms with E-state index in [1.807, 2.05) is 51.0 Å². The van der Waals surface area contributed by atoms with E-state index in [-0.39, 0.29) is 5.91 Å². The van der Waals surface area contributed by atoms with Crippen molar-refractivity contribution in [1.82, 2.24) is 15.8 Å². The third-order valence-electron chi connectivity index (χ3n) is 2.95. The molecule has 0 bridgehead atoms. The summed E-state index contributed by atoms with van der Waals surface area (Å²) in [6.07, 6.45) is 0.423. The van der Waals surface area contributed by atoms with E-state index in [1.54, 1.807) is 0 Å². The largest absolute Gasteiger partial charge is 0.331 e. The fourth-order valence-electron chi connectivity index (χ4n) is 1.55. The van der Waals surface area contributed by atoms with E-state index < -0.39 is 0 Å². The van der Waals surface area contributed by atoms with Crippen LogP contribution in [0.15, 0.2) is 18.2 Å². The average molecular weight is 294 g/mol. The molecule has 0 saturated heterocycles. The summed E-state index contributed by atoms with van der Waals surface area (Å²) >= 11 is 5.15. The molecule has 0 unspecified atom stereocenters. The highest BCUT2D eigenvalue weighted by Crippen LogP contribution is 2.17. The Bertz CT molecular complexity index is 488. The maximum atomic E-state index is 11.5. The number of amides is 1. The third kappa shape index (κ3) is 5.54. The Hall–Kier alpha value is -1.66. The lowest BCUT2D eigenvalue weighted by Crippen LogP contribution is -2.44. The minimum absolute atomic E-state index is 0.0937. The quantitative estimate of drug-likeness (QED) is 0.581. The zero-order valence-electron chi connectivity index (χ0n) is 12.4. The zero-order chi connectivity index (χ0) is 15.1. The first kappa shape index (κ1) is 16.4. The molecule has 110 valence electrons. The predicted octanol–water partition coefficient (Wildman–Crippen LogP) is 1.57. The van der Waals surface area contributed by atoms with Gasteiger partial charge in [0.2, 0.25) is 5.91 Å². The smallest absolute Gasteiger partial charge is 0.239 e. The minimum atomic E-state index is -0.0937. The number of carbonyl (C=O) groups excluding carboxylic acids is 1. The first-order valence-corrected chi connectivity index (χ1v) is 6.87. The molecule has 1 aromatic carbocycles. The maximum Gasteiger partial charge on any atom is 0.239 e. The van der Waals surface area contributed by atoms with Gasteiger partial charge in [0.05, 0.1) is 0 Å². The molecule has 6 heteroatoms. The molecule has 5 nitrogen and oxygen atoms in total. The van der Waals surface area contributed by atoms with E-state index in [9.17, 15) is 4.79 Å². The van der Waals surface area contributed by atoms with Crippen LogP contribution in [-0.4, -0.2) is 36.6 Å². The number of anilines is 1. The molecular weight excluding hydrogens is 272 g/mol. The number of carbonyl (C=O) groups is 1. The van der Waals surface area contributed by atoms with Gasteiger partial charge in [-0.1, -0.05) is 12.1 Å². The van der Waals surface area contributed by atoms with Crippen LogP contribution in [0, 0.1) is 13.8 Å². The predicted molar refractivity (Wildman–Crippen MR) is 86.6 cm³/mol. The topological polar surface area (TPSA) is 56.4 Å². The van der Waals surface area contributed by atoms with Crippen LogP contribution in [0.1, 0.15) is 17.5 Å². The van der Waals surface area contributed by atoms with Gasteiger partial charge in [-0.25, -0.2) is 0 Å². The summed E-state index contributed by atoms with van der Waals surface area (Å²) in [5, 5.41) is 3.44. The van der Waals surface area contributed by atoms with E-state index >= 15 is 0 Å². The van der Waals surface area contributed by atoms with Crippen molar-refractivity contribution in [3.63, 3.8) is 0 Å². The van der Waals surface area contributed by atoms with Crippen molar-refractivity contribution in [2.75, 3.05) is 26.0 Å². The van der Waals surface area contributed by atoms with Crippen molar-refractivity contribution in [2.45, 2.75) is 20.3 Å². The molecule has 0 aliphatic rings. The number of rotatable bonds is 4. The lowest BCUT2D eigenvalue weighted by atomic mass is 10.1. The van der Waals surface area contributed by atoms with Gasteiger partial charge in [0.25, 0.3) is 0 Å². The Kier molecular flexibility index (Phi) is 6.41. The van der Waals surface area contributed by atoms with E-state index in [1.165, 1.54) is 5.56 Å². The Labute approximate surface area is 125 Å². The molecule has 0 fully saturated rings. The normalized spacial score (nSPS) is 10.2. The number of hydrazine groups is 1. The molecule has 3 N–H and O–H groups in total. The summed E-state index contributed by atoms with van der Waals surface area (Å²) in [6.45, 7) is 4.76. The number of aryl methyl sites for hydroxylation is 1. The van der Waals surface area contributed by atoms with Crippen molar-refractivity contribution in [2.24, 2.45) is 0 Å². The summed E-state index contributed by atoms with van der Waals surface area (Å²) in [6, 6.07) is 5.95. The Balaban J connectivity index is 2.40. The number of benzene rings is 1. The van der Waals surface area contributed by atoms with Crippen LogP contribution in [0.3, 0.4) is 0 Å². The highest BCUT2D eigenvalue weighted by atomic mass is 32.1. The molecule has 1 aromatic rings. The maximum absolute atomic E-state index is 11.5. The second-order valence-corrected chi connectivity index (χ2v) is 5.34. The molecule has 0 atom stereocenters. The van der Waals surface area contributed by atoms with Crippen LogP contribution in [0.5, 0.6) is 0 Å². The molecular formula is C14H22N4OS. The van der Waals surface area contributed by atoms with Gasteiger partial charge in [-0.2, -0.15) is 0 Å². The number of nitrogens with one attached hydrogen (secondary N) is 3. The van der Waals surface area contributed by atoms with Gasteiger partial charge in [0, 0.05) is 18.7 Å². The minimum Gasteiger partial charge on any atom is -0.331 e. The molecule has 20 heavy (non-hydrogen) atoms. The number of hydrogen-bond acceptors (Lipinski definition) is 3. The first-order chi connectivity index (χ1) is 9.40. The monoisotopic (exact) mass is 294 g/mol. The van der Waals surface area contributed by atoms with Gasteiger partial charge in [-0.05, 0) is 57.4 Å². The summed E-state index contributed by atoms with van der Waals surface area (Å²) in [7, 11) is 3.85. The van der Waals surface area contributed by atoms with E-state index in [2.05, 4.69) is 16.2 Å². The van der Waals surface area contributed by atoms with Gasteiger partial charge in [-0.3, -0.25) is 15.6 Å². The van der Waals surface area contributed by atoms with Crippen LogP contribution >= 0.6 is 12.2 Å². The van der Waals surface area contributed by atoms with Crippen LogP contribution in [0.4, 0.5) is 5.69 Å². The molecule has 0 saturated carbocycles. The number of thiocarbonyl (C=S) groups is 1. The van der Waals surface area contributed by atoms with E-state index in [0.29, 0.717) is 18.1 Å². The molecule has 1 amide bonds. The fourth-order valence-corrected chi connectivity index (χ4v) is 1.72. The zero-order valence-corrected chi connectivity index (χ0v) is 13.2. The van der Waals surface area contributed by atoms with Gasteiger partial charge < -0.3 is 10.2 Å². The number of hydrogen-bond donors (Lipinski definition) is 3. The second kappa shape index (κ2) is 7.81.